The van der Waals surface area contributed by atoms with E-state index in [1.54, 1.807) is 13.2 Å². The smallest absolute Gasteiger partial charge is 0.253 e. The Morgan fingerprint density at radius 3 is 2.50 bits per heavy atom. The van der Waals surface area contributed by atoms with Crippen molar-refractivity contribution < 1.29 is 14.6 Å². The molecule has 0 spiro atoms. The number of carbonyl (C=O) groups is 1. The minimum Gasteiger partial charge on any atom is -0.383 e. The standard InChI is InChI=1S/C14H17Cl2NO3/c1-20-7-12(8-2-3-8)17-14(19)13(18)9-4-10(15)6-11(16)5-9/h4-6,8,12-13,18H,2-3,7H2,1H3,(H,17,19)/t12-,13-/m1/s1. The van der Waals surface area contributed by atoms with Crippen molar-refractivity contribution in [2.75, 3.05) is 13.7 Å². The minimum absolute atomic E-state index is 0.0585. The molecule has 2 N–H and O–H groups in total. The summed E-state index contributed by atoms with van der Waals surface area (Å²) >= 11 is 11.7. The molecule has 2 rings (SSSR count). The lowest BCUT2D eigenvalue weighted by molar-refractivity contribution is -0.131. The Balaban J connectivity index is 2.03. The summed E-state index contributed by atoms with van der Waals surface area (Å²) in [4.78, 5) is 12.1. The van der Waals surface area contributed by atoms with Gasteiger partial charge in [0.05, 0.1) is 12.6 Å². The number of carbonyl (C=O) groups excluding carboxylic acids is 1. The number of ether oxygens (including phenoxy) is 1. The Labute approximate surface area is 128 Å². The number of nitrogens with one attached hydrogen (secondary N) is 1. The average molecular weight is 318 g/mol. The van der Waals surface area contributed by atoms with Crippen LogP contribution in [0, 0.1) is 5.92 Å². The zero-order chi connectivity index (χ0) is 14.7. The number of hydrogen-bond acceptors (Lipinski definition) is 3. The fourth-order valence-electron chi connectivity index (χ4n) is 2.12. The van der Waals surface area contributed by atoms with E-state index in [1.165, 1.54) is 12.1 Å². The van der Waals surface area contributed by atoms with Crippen molar-refractivity contribution >= 4 is 29.1 Å². The van der Waals surface area contributed by atoms with Gasteiger partial charge in [0.15, 0.2) is 6.10 Å². The topological polar surface area (TPSA) is 58.6 Å². The molecule has 1 aromatic carbocycles. The zero-order valence-corrected chi connectivity index (χ0v) is 12.6. The molecule has 6 heteroatoms. The first-order valence-electron chi connectivity index (χ1n) is 6.44. The summed E-state index contributed by atoms with van der Waals surface area (Å²) < 4.78 is 5.09. The monoisotopic (exact) mass is 317 g/mol. The molecule has 1 aliphatic rings. The van der Waals surface area contributed by atoms with Gasteiger partial charge >= 0.3 is 0 Å². The third-order valence-corrected chi connectivity index (χ3v) is 3.75. The second kappa shape index (κ2) is 6.76. The van der Waals surface area contributed by atoms with Crippen molar-refractivity contribution in [2.24, 2.45) is 5.92 Å². The largest absolute Gasteiger partial charge is 0.383 e. The van der Waals surface area contributed by atoms with Crippen LogP contribution in [-0.2, 0) is 9.53 Å². The number of methoxy groups -OCH3 is 1. The number of amides is 1. The van der Waals surface area contributed by atoms with Gasteiger partial charge in [0.1, 0.15) is 0 Å². The summed E-state index contributed by atoms with van der Waals surface area (Å²) in [5.74, 6) is -0.0219. The summed E-state index contributed by atoms with van der Waals surface area (Å²) in [6.07, 6.45) is 0.866. The van der Waals surface area contributed by atoms with E-state index >= 15 is 0 Å². The fraction of sp³-hybridized carbons (Fsp3) is 0.500. The van der Waals surface area contributed by atoms with Gasteiger partial charge in [0.25, 0.3) is 5.91 Å². The molecular weight excluding hydrogens is 301 g/mol. The third-order valence-electron chi connectivity index (χ3n) is 3.31. The second-order valence-corrected chi connectivity index (χ2v) is 5.89. The molecule has 20 heavy (non-hydrogen) atoms. The highest BCUT2D eigenvalue weighted by atomic mass is 35.5. The van der Waals surface area contributed by atoms with Gasteiger partial charge in [0, 0.05) is 17.2 Å². The number of hydrogen-bond donors (Lipinski definition) is 2. The van der Waals surface area contributed by atoms with E-state index in [0.29, 0.717) is 28.1 Å². The summed E-state index contributed by atoms with van der Waals surface area (Å²) in [7, 11) is 1.59. The van der Waals surface area contributed by atoms with Gasteiger partial charge in [-0.1, -0.05) is 23.2 Å². The van der Waals surface area contributed by atoms with Gasteiger partial charge in [-0.2, -0.15) is 0 Å². The molecule has 1 fully saturated rings. The molecular formula is C14H17Cl2NO3. The average Bonchev–Trinajstić information content (AvgIpc) is 3.20. The van der Waals surface area contributed by atoms with E-state index in [9.17, 15) is 9.90 Å². The molecule has 0 aliphatic heterocycles. The molecule has 2 atom stereocenters. The van der Waals surface area contributed by atoms with Crippen LogP contribution in [0.25, 0.3) is 0 Å². The molecule has 1 aromatic rings. The van der Waals surface area contributed by atoms with Crippen LogP contribution in [0.3, 0.4) is 0 Å². The maximum atomic E-state index is 12.1. The van der Waals surface area contributed by atoms with Crippen molar-refractivity contribution in [2.45, 2.75) is 25.0 Å². The Kier molecular flexibility index (Phi) is 5.27. The normalized spacial score (nSPS) is 17.6. The van der Waals surface area contributed by atoms with Crippen molar-refractivity contribution in [3.8, 4) is 0 Å². The van der Waals surface area contributed by atoms with Crippen LogP contribution >= 0.6 is 23.2 Å². The van der Waals surface area contributed by atoms with Crippen LogP contribution in [-0.4, -0.2) is 30.8 Å². The molecule has 0 saturated heterocycles. The zero-order valence-electron chi connectivity index (χ0n) is 11.1. The highest BCUT2D eigenvalue weighted by Gasteiger charge is 2.33. The van der Waals surface area contributed by atoms with Crippen LogP contribution in [0.15, 0.2) is 18.2 Å². The number of halogens is 2. The van der Waals surface area contributed by atoms with E-state index in [2.05, 4.69) is 5.32 Å². The number of rotatable bonds is 6. The molecule has 1 aliphatic carbocycles. The molecule has 1 amide bonds. The Bertz CT molecular complexity index is 471. The molecule has 4 nitrogen and oxygen atoms in total. The van der Waals surface area contributed by atoms with E-state index in [0.717, 1.165) is 12.8 Å². The molecule has 0 bridgehead atoms. The lowest BCUT2D eigenvalue weighted by Gasteiger charge is -2.20. The van der Waals surface area contributed by atoms with Gasteiger partial charge < -0.3 is 15.2 Å². The molecule has 0 unspecified atom stereocenters. The second-order valence-electron chi connectivity index (χ2n) is 5.01. The molecule has 0 radical (unpaired) electrons. The van der Waals surface area contributed by atoms with Gasteiger partial charge in [-0.3, -0.25) is 4.79 Å². The van der Waals surface area contributed by atoms with Crippen molar-refractivity contribution in [1.29, 1.82) is 0 Å². The van der Waals surface area contributed by atoms with E-state index in [1.807, 2.05) is 0 Å². The van der Waals surface area contributed by atoms with Gasteiger partial charge in [-0.15, -0.1) is 0 Å². The van der Waals surface area contributed by atoms with Gasteiger partial charge in [-0.05, 0) is 42.5 Å². The third kappa shape index (κ3) is 4.09. The van der Waals surface area contributed by atoms with E-state index in [4.69, 9.17) is 27.9 Å². The quantitative estimate of drug-likeness (QED) is 0.847. The summed E-state index contributed by atoms with van der Waals surface area (Å²) in [5, 5.41) is 13.7. The number of benzene rings is 1. The Hall–Kier alpha value is -0.810. The van der Waals surface area contributed by atoms with Crippen molar-refractivity contribution in [1.82, 2.24) is 5.32 Å². The van der Waals surface area contributed by atoms with Crippen molar-refractivity contribution in [3.63, 3.8) is 0 Å². The lowest BCUT2D eigenvalue weighted by Crippen LogP contribution is -2.42. The summed E-state index contributed by atoms with van der Waals surface area (Å²) in [6.45, 7) is 0.444. The SMILES string of the molecule is COC[C@@H](NC(=O)[C@H](O)c1cc(Cl)cc(Cl)c1)C1CC1. The Morgan fingerprint density at radius 1 is 1.40 bits per heavy atom. The maximum absolute atomic E-state index is 12.1. The minimum atomic E-state index is -1.29. The fourth-order valence-corrected chi connectivity index (χ4v) is 2.66. The lowest BCUT2D eigenvalue weighted by atomic mass is 10.1. The van der Waals surface area contributed by atoms with Crippen LogP contribution in [0.5, 0.6) is 0 Å². The number of aliphatic hydroxyl groups excluding tert-OH is 1. The van der Waals surface area contributed by atoms with Gasteiger partial charge in [-0.25, -0.2) is 0 Å². The van der Waals surface area contributed by atoms with E-state index in [-0.39, 0.29) is 6.04 Å². The van der Waals surface area contributed by atoms with Crippen LogP contribution in [0.1, 0.15) is 24.5 Å². The maximum Gasteiger partial charge on any atom is 0.253 e. The van der Waals surface area contributed by atoms with Crippen molar-refractivity contribution in [3.05, 3.63) is 33.8 Å². The van der Waals surface area contributed by atoms with Crippen LogP contribution < -0.4 is 5.32 Å². The predicted molar refractivity (Wildman–Crippen MR) is 78.0 cm³/mol. The number of aliphatic hydroxyl groups is 1. The first-order chi connectivity index (χ1) is 9.51. The Morgan fingerprint density at radius 2 is 2.00 bits per heavy atom. The molecule has 1 saturated carbocycles. The van der Waals surface area contributed by atoms with E-state index < -0.39 is 12.0 Å². The molecule has 110 valence electrons. The predicted octanol–water partition coefficient (Wildman–Crippen LogP) is 2.57. The summed E-state index contributed by atoms with van der Waals surface area (Å²) in [5.41, 5.74) is 0.381. The first-order valence-corrected chi connectivity index (χ1v) is 7.20. The molecule has 0 aromatic heterocycles. The van der Waals surface area contributed by atoms with Crippen LogP contribution in [0.4, 0.5) is 0 Å². The summed E-state index contributed by atoms with van der Waals surface area (Å²) in [6, 6.07) is 4.55. The van der Waals surface area contributed by atoms with Gasteiger partial charge in [0.2, 0.25) is 0 Å². The highest BCUT2D eigenvalue weighted by Crippen LogP contribution is 2.33. The van der Waals surface area contributed by atoms with Crippen LogP contribution in [0.2, 0.25) is 10.0 Å². The first kappa shape index (κ1) is 15.6. The molecule has 0 heterocycles. The highest BCUT2D eigenvalue weighted by molar-refractivity contribution is 6.34.